The highest BCUT2D eigenvalue weighted by atomic mass is 28.3. The minimum atomic E-state index is -1.09. The molecule has 28 heavy (non-hydrogen) atoms. The fourth-order valence-corrected chi connectivity index (χ4v) is 5.10. The number of piperidine rings is 1. The van der Waals surface area contributed by atoms with E-state index in [1.54, 1.807) is 6.20 Å². The maximum absolute atomic E-state index is 9.71. The molecule has 150 valence electrons. The molecule has 0 aliphatic carbocycles. The lowest BCUT2D eigenvalue weighted by Crippen LogP contribution is -2.65. The molecule has 1 unspecified atom stereocenters. The first-order valence-corrected chi connectivity index (χ1v) is 14.1. The molecule has 0 bridgehead atoms. The summed E-state index contributed by atoms with van der Waals surface area (Å²) < 4.78 is 7.99. The van der Waals surface area contributed by atoms with Crippen molar-refractivity contribution in [2.24, 2.45) is 0 Å². The van der Waals surface area contributed by atoms with Gasteiger partial charge in [-0.05, 0) is 37.9 Å². The van der Waals surface area contributed by atoms with Crippen LogP contribution in [-0.4, -0.2) is 49.4 Å². The first kappa shape index (κ1) is 19.4. The second-order valence-electron chi connectivity index (χ2n) is 9.49. The molecule has 7 heteroatoms. The standard InChI is InChI=1S/C21H31N5OSi/c1-28(2,3)12-11-27-16-26-10-5-18-19(17(13-22)14-23-20(18)26)25-9-4-6-21(15-25)7-8-24-21/h5,10,14,24H,4,6-9,11-12,15-16H2,1-3H3. The van der Waals surface area contributed by atoms with Crippen LogP contribution in [0.5, 0.6) is 0 Å². The zero-order chi connectivity index (χ0) is 19.8. The molecule has 2 fully saturated rings. The van der Waals surface area contributed by atoms with Crippen molar-refractivity contribution in [3.8, 4) is 6.07 Å². The Labute approximate surface area is 168 Å². The van der Waals surface area contributed by atoms with Gasteiger partial charge in [0.25, 0.3) is 0 Å². The SMILES string of the molecule is C[Si](C)(C)CCOCn1ccc2c(N3CCCC4(CCN4)C3)c(C#N)cnc21. The van der Waals surface area contributed by atoms with Gasteiger partial charge in [-0.2, -0.15) is 5.26 Å². The van der Waals surface area contributed by atoms with Gasteiger partial charge in [0.1, 0.15) is 18.4 Å². The molecule has 1 atom stereocenters. The summed E-state index contributed by atoms with van der Waals surface area (Å²) in [5.41, 5.74) is 2.86. The van der Waals surface area contributed by atoms with E-state index in [9.17, 15) is 5.26 Å². The van der Waals surface area contributed by atoms with Gasteiger partial charge in [0.2, 0.25) is 0 Å². The molecule has 4 rings (SSSR count). The second-order valence-corrected chi connectivity index (χ2v) is 15.1. The number of aromatic nitrogens is 2. The van der Waals surface area contributed by atoms with Crippen LogP contribution in [-0.2, 0) is 11.5 Å². The average molecular weight is 398 g/mol. The van der Waals surface area contributed by atoms with E-state index in [0.29, 0.717) is 12.3 Å². The second kappa shape index (κ2) is 7.51. The molecule has 2 aromatic rings. The van der Waals surface area contributed by atoms with Gasteiger partial charge in [-0.25, -0.2) is 4.98 Å². The number of pyridine rings is 1. The lowest BCUT2D eigenvalue weighted by atomic mass is 9.80. The normalized spacial score (nSPS) is 22.4. The topological polar surface area (TPSA) is 66.1 Å². The van der Waals surface area contributed by atoms with Crippen LogP contribution in [0.2, 0.25) is 25.7 Å². The number of anilines is 1. The molecule has 4 heterocycles. The quantitative estimate of drug-likeness (QED) is 0.596. The maximum Gasteiger partial charge on any atom is 0.143 e. The molecule has 0 aromatic carbocycles. The number of rotatable bonds is 6. The van der Waals surface area contributed by atoms with Gasteiger partial charge < -0.3 is 19.5 Å². The summed E-state index contributed by atoms with van der Waals surface area (Å²) in [5, 5.41) is 14.4. The average Bonchev–Trinajstić information content (AvgIpc) is 3.05. The van der Waals surface area contributed by atoms with Crippen molar-refractivity contribution in [3.63, 3.8) is 0 Å². The summed E-state index contributed by atoms with van der Waals surface area (Å²) >= 11 is 0. The van der Waals surface area contributed by atoms with Crippen molar-refractivity contribution in [1.82, 2.24) is 14.9 Å². The molecular weight excluding hydrogens is 366 g/mol. The van der Waals surface area contributed by atoms with E-state index in [1.807, 2.05) is 6.20 Å². The van der Waals surface area contributed by atoms with Crippen LogP contribution in [0, 0.1) is 11.3 Å². The van der Waals surface area contributed by atoms with E-state index in [1.165, 1.54) is 12.8 Å². The predicted molar refractivity (Wildman–Crippen MR) is 115 cm³/mol. The minimum Gasteiger partial charge on any atom is -0.368 e. The number of nitrogens with one attached hydrogen (secondary N) is 1. The Hall–Kier alpha value is -1.88. The van der Waals surface area contributed by atoms with Crippen LogP contribution < -0.4 is 10.2 Å². The lowest BCUT2D eigenvalue weighted by Gasteiger charge is -2.50. The third kappa shape index (κ3) is 3.82. The molecule has 2 aliphatic rings. The van der Waals surface area contributed by atoms with Gasteiger partial charge in [0.15, 0.2) is 0 Å². The molecular formula is C21H31N5OSi. The Bertz CT molecular complexity index is 891. The zero-order valence-corrected chi connectivity index (χ0v) is 18.3. The van der Waals surface area contributed by atoms with Crippen LogP contribution in [0.25, 0.3) is 11.0 Å². The zero-order valence-electron chi connectivity index (χ0n) is 17.3. The van der Waals surface area contributed by atoms with Gasteiger partial charge in [-0.1, -0.05) is 19.6 Å². The third-order valence-electron chi connectivity index (χ3n) is 6.10. The highest BCUT2D eigenvalue weighted by Crippen LogP contribution is 2.37. The van der Waals surface area contributed by atoms with Crippen molar-refractivity contribution in [2.75, 3.05) is 31.1 Å². The van der Waals surface area contributed by atoms with Crippen LogP contribution in [0.3, 0.4) is 0 Å². The maximum atomic E-state index is 9.71. The fraction of sp³-hybridized carbons (Fsp3) is 0.619. The van der Waals surface area contributed by atoms with Crippen molar-refractivity contribution in [1.29, 1.82) is 5.26 Å². The molecule has 2 aromatic heterocycles. The summed E-state index contributed by atoms with van der Waals surface area (Å²) in [6.45, 7) is 11.5. The van der Waals surface area contributed by atoms with Crippen molar-refractivity contribution in [3.05, 3.63) is 24.0 Å². The van der Waals surface area contributed by atoms with Crippen molar-refractivity contribution >= 4 is 24.8 Å². The van der Waals surface area contributed by atoms with Gasteiger partial charge >= 0.3 is 0 Å². The number of nitriles is 1. The van der Waals surface area contributed by atoms with Crippen LogP contribution in [0.15, 0.2) is 18.5 Å². The van der Waals surface area contributed by atoms with Crippen LogP contribution in [0.4, 0.5) is 5.69 Å². The first-order valence-electron chi connectivity index (χ1n) is 10.4. The minimum absolute atomic E-state index is 0.239. The number of nitrogens with zero attached hydrogens (tertiary/aromatic N) is 4. The van der Waals surface area contributed by atoms with E-state index in [-0.39, 0.29) is 5.54 Å². The monoisotopic (exact) mass is 397 g/mol. The van der Waals surface area contributed by atoms with E-state index in [2.05, 4.69) is 51.5 Å². The molecule has 6 nitrogen and oxygen atoms in total. The van der Waals surface area contributed by atoms with Crippen LogP contribution in [0.1, 0.15) is 24.8 Å². The van der Waals surface area contributed by atoms with Gasteiger partial charge in [-0.15, -0.1) is 0 Å². The largest absolute Gasteiger partial charge is 0.368 e. The number of ether oxygens (including phenoxy) is 1. The fourth-order valence-electron chi connectivity index (χ4n) is 4.34. The molecule has 0 radical (unpaired) electrons. The number of hydrogen-bond acceptors (Lipinski definition) is 5. The van der Waals surface area contributed by atoms with E-state index in [0.717, 1.165) is 55.4 Å². The Morgan fingerprint density at radius 2 is 2.18 bits per heavy atom. The summed E-state index contributed by atoms with van der Waals surface area (Å²) in [4.78, 5) is 6.99. The molecule has 2 saturated heterocycles. The number of hydrogen-bond donors (Lipinski definition) is 1. The molecule has 0 saturated carbocycles. The van der Waals surface area contributed by atoms with Crippen molar-refractivity contribution in [2.45, 2.75) is 57.2 Å². The van der Waals surface area contributed by atoms with Crippen molar-refractivity contribution < 1.29 is 4.74 Å². The van der Waals surface area contributed by atoms with E-state index < -0.39 is 8.07 Å². The first-order chi connectivity index (χ1) is 13.4. The Kier molecular flexibility index (Phi) is 5.21. The van der Waals surface area contributed by atoms with Gasteiger partial charge in [-0.3, -0.25) is 0 Å². The Morgan fingerprint density at radius 3 is 2.86 bits per heavy atom. The summed E-state index contributed by atoms with van der Waals surface area (Å²) in [6.07, 6.45) is 7.38. The third-order valence-corrected chi connectivity index (χ3v) is 7.81. The number of fused-ring (bicyclic) bond motifs is 1. The van der Waals surface area contributed by atoms with Gasteiger partial charge in [0, 0.05) is 51.1 Å². The molecule has 0 amide bonds. The van der Waals surface area contributed by atoms with E-state index >= 15 is 0 Å². The molecule has 1 N–H and O–H groups in total. The highest BCUT2D eigenvalue weighted by Gasteiger charge is 2.41. The molecule has 2 aliphatic heterocycles. The molecule has 1 spiro atoms. The highest BCUT2D eigenvalue weighted by molar-refractivity contribution is 6.76. The Balaban J connectivity index is 1.58. The van der Waals surface area contributed by atoms with Crippen LogP contribution >= 0.6 is 0 Å². The van der Waals surface area contributed by atoms with E-state index in [4.69, 9.17) is 4.74 Å². The predicted octanol–water partition coefficient (Wildman–Crippen LogP) is 3.55. The van der Waals surface area contributed by atoms with Gasteiger partial charge in [0.05, 0.1) is 11.3 Å². The summed E-state index contributed by atoms with van der Waals surface area (Å²) in [6, 6.07) is 5.62. The smallest absolute Gasteiger partial charge is 0.143 e. The lowest BCUT2D eigenvalue weighted by molar-refractivity contribution is 0.0899. The summed E-state index contributed by atoms with van der Waals surface area (Å²) in [7, 11) is -1.09. The Morgan fingerprint density at radius 1 is 1.36 bits per heavy atom. The summed E-state index contributed by atoms with van der Waals surface area (Å²) in [5.74, 6) is 0.